The van der Waals surface area contributed by atoms with Crippen molar-refractivity contribution in [2.45, 2.75) is 25.6 Å². The molecule has 0 radical (unpaired) electrons. The van der Waals surface area contributed by atoms with Crippen molar-refractivity contribution in [1.82, 2.24) is 9.13 Å². The van der Waals surface area contributed by atoms with E-state index in [1.807, 2.05) is 41.3 Å². The molecule has 0 saturated carbocycles. The lowest BCUT2D eigenvalue weighted by Crippen LogP contribution is -3.00. The first-order chi connectivity index (χ1) is 17.0. The Kier molecular flexibility index (Phi) is 6.22. The van der Waals surface area contributed by atoms with E-state index in [1.165, 1.54) is 23.1 Å². The number of hydrogen-bond donors (Lipinski definition) is 0. The van der Waals surface area contributed by atoms with Crippen LogP contribution in [0.15, 0.2) is 104 Å². The average Bonchev–Trinajstić information content (AvgIpc) is 3.44. The van der Waals surface area contributed by atoms with E-state index >= 15 is 0 Å². The van der Waals surface area contributed by atoms with Crippen LogP contribution in [0.5, 0.6) is 0 Å². The molecule has 6 aromatic rings. The van der Waals surface area contributed by atoms with Crippen molar-refractivity contribution in [2.24, 2.45) is 0 Å². The molecule has 6 rings (SSSR count). The summed E-state index contributed by atoms with van der Waals surface area (Å²) >= 11 is 0. The second-order valence-corrected chi connectivity index (χ2v) is 8.83. The Balaban J connectivity index is 0.00000267. The third-order valence-corrected chi connectivity index (χ3v) is 6.60. The van der Waals surface area contributed by atoms with Gasteiger partial charge in [0.1, 0.15) is 17.4 Å². The zero-order valence-electron chi connectivity index (χ0n) is 19.3. The summed E-state index contributed by atoms with van der Waals surface area (Å²) in [6.45, 7) is 0.841. The molecule has 0 saturated heterocycles. The van der Waals surface area contributed by atoms with Gasteiger partial charge >= 0.3 is 6.18 Å². The summed E-state index contributed by atoms with van der Waals surface area (Å²) in [4.78, 5) is 0. The summed E-state index contributed by atoms with van der Waals surface area (Å²) in [5.74, 6) is 0. The number of hydrogen-bond acceptors (Lipinski definition) is 0. The molecule has 0 unspecified atom stereocenters. The van der Waals surface area contributed by atoms with E-state index in [2.05, 4.69) is 47.0 Å². The number of alkyl halides is 3. The van der Waals surface area contributed by atoms with Crippen LogP contribution in [0.1, 0.15) is 17.5 Å². The van der Waals surface area contributed by atoms with Crippen LogP contribution in [0.2, 0.25) is 0 Å². The summed E-state index contributed by atoms with van der Waals surface area (Å²) in [7, 11) is 0. The fourth-order valence-corrected chi connectivity index (χ4v) is 4.96. The Hall–Kier alpha value is -3.77. The van der Waals surface area contributed by atoms with Crippen molar-refractivity contribution in [3.63, 3.8) is 0 Å². The predicted octanol–water partition coefficient (Wildman–Crippen LogP) is 3.98. The molecule has 3 heterocycles. The summed E-state index contributed by atoms with van der Waals surface area (Å²) in [6.07, 6.45) is 3.30. The molecule has 0 amide bonds. The maximum Gasteiger partial charge on any atom is 0.416 e. The second kappa shape index (κ2) is 9.36. The van der Waals surface area contributed by atoms with Gasteiger partial charge < -0.3 is 17.0 Å². The Bertz CT molecular complexity index is 1670. The summed E-state index contributed by atoms with van der Waals surface area (Å²) in [5.41, 5.74) is 4.34. The van der Waals surface area contributed by atoms with Crippen LogP contribution in [0.3, 0.4) is 0 Å². The van der Waals surface area contributed by atoms with Crippen LogP contribution in [-0.4, -0.2) is 9.13 Å². The van der Waals surface area contributed by atoms with E-state index in [1.54, 1.807) is 10.6 Å². The summed E-state index contributed by atoms with van der Waals surface area (Å²) in [5, 5.41) is 2.32. The molecule has 0 aliphatic carbocycles. The van der Waals surface area contributed by atoms with Crippen LogP contribution in [0, 0.1) is 0 Å². The van der Waals surface area contributed by atoms with Gasteiger partial charge in [0.25, 0.3) is 6.33 Å². The van der Waals surface area contributed by atoms with Crippen molar-refractivity contribution in [2.75, 3.05) is 0 Å². The molecule has 0 aliphatic heterocycles. The Labute approximate surface area is 212 Å². The predicted molar refractivity (Wildman–Crippen MR) is 132 cm³/mol. The van der Waals surface area contributed by atoms with Gasteiger partial charge in [0, 0.05) is 22.8 Å². The first-order valence-corrected chi connectivity index (χ1v) is 11.6. The highest BCUT2D eigenvalue weighted by atomic mass is 35.5. The number of imidazole rings is 1. The zero-order valence-corrected chi connectivity index (χ0v) is 20.0. The minimum Gasteiger partial charge on any atom is -1.00 e. The highest BCUT2D eigenvalue weighted by Gasteiger charge is 2.31. The van der Waals surface area contributed by atoms with Crippen LogP contribution < -0.4 is 16.8 Å². The number of para-hydroxylation sites is 1. The van der Waals surface area contributed by atoms with Crippen molar-refractivity contribution >= 4 is 27.3 Å². The minimum atomic E-state index is -4.38. The van der Waals surface area contributed by atoms with Gasteiger partial charge in [-0.15, -0.1) is 0 Å². The van der Waals surface area contributed by atoms with Gasteiger partial charge in [0.2, 0.25) is 0 Å². The SMILES string of the molecule is FC(F)(F)c1cccc(-n2cc3c4c(cc[n+]3c2)c2ccccc2n4CCCc2ccccc2)c1.[Cl-]. The molecule has 0 atom stereocenters. The van der Waals surface area contributed by atoms with Gasteiger partial charge in [-0.05, 0) is 48.7 Å². The molecule has 182 valence electrons. The van der Waals surface area contributed by atoms with E-state index < -0.39 is 11.7 Å². The quantitative estimate of drug-likeness (QED) is 0.315. The number of halogens is 4. The van der Waals surface area contributed by atoms with Crippen LogP contribution in [0.25, 0.3) is 33.0 Å². The lowest BCUT2D eigenvalue weighted by atomic mass is 10.1. The first-order valence-electron chi connectivity index (χ1n) is 11.6. The van der Waals surface area contributed by atoms with Crippen LogP contribution >= 0.6 is 0 Å². The van der Waals surface area contributed by atoms with Gasteiger partial charge in [-0.2, -0.15) is 13.2 Å². The van der Waals surface area contributed by atoms with E-state index in [0.29, 0.717) is 5.69 Å². The van der Waals surface area contributed by atoms with Crippen molar-refractivity contribution in [1.29, 1.82) is 0 Å². The highest BCUT2D eigenvalue weighted by molar-refractivity contribution is 6.11. The largest absolute Gasteiger partial charge is 1.00 e. The molecule has 0 fully saturated rings. The number of aromatic nitrogens is 3. The zero-order chi connectivity index (χ0) is 24.0. The third kappa shape index (κ3) is 4.22. The Morgan fingerprint density at radius 3 is 2.39 bits per heavy atom. The maximum absolute atomic E-state index is 13.3. The maximum atomic E-state index is 13.3. The van der Waals surface area contributed by atoms with Crippen molar-refractivity contribution < 1.29 is 30.0 Å². The topological polar surface area (TPSA) is 14.0 Å². The summed E-state index contributed by atoms with van der Waals surface area (Å²) in [6, 6.07) is 26.3. The molecule has 0 bridgehead atoms. The normalized spacial score (nSPS) is 11.9. The van der Waals surface area contributed by atoms with Crippen LogP contribution in [-0.2, 0) is 19.1 Å². The molecule has 36 heavy (non-hydrogen) atoms. The lowest BCUT2D eigenvalue weighted by molar-refractivity contribution is -0.510. The molecular formula is C29H23ClF3N3. The van der Waals surface area contributed by atoms with Crippen molar-refractivity contribution in [3.8, 4) is 5.69 Å². The molecular weight excluding hydrogens is 483 g/mol. The third-order valence-electron chi connectivity index (χ3n) is 6.60. The van der Waals surface area contributed by atoms with E-state index in [0.717, 1.165) is 47.4 Å². The molecule has 0 spiro atoms. The number of fused-ring (bicyclic) bond motifs is 5. The molecule has 3 nitrogen and oxygen atoms in total. The van der Waals surface area contributed by atoms with Crippen molar-refractivity contribution in [3.05, 3.63) is 115 Å². The number of benzene rings is 3. The lowest BCUT2D eigenvalue weighted by Gasteiger charge is -2.07. The highest BCUT2D eigenvalue weighted by Crippen LogP contribution is 2.32. The van der Waals surface area contributed by atoms with Gasteiger partial charge in [-0.3, -0.25) is 0 Å². The number of pyridine rings is 1. The van der Waals surface area contributed by atoms with Gasteiger partial charge in [0.05, 0.1) is 11.8 Å². The average molecular weight is 506 g/mol. The minimum absolute atomic E-state index is 0. The fourth-order valence-electron chi connectivity index (χ4n) is 4.96. The van der Waals surface area contributed by atoms with Crippen LogP contribution in [0.4, 0.5) is 13.2 Å². The van der Waals surface area contributed by atoms with E-state index in [-0.39, 0.29) is 12.4 Å². The molecule has 0 N–H and O–H groups in total. The first kappa shape index (κ1) is 23.9. The van der Waals surface area contributed by atoms with E-state index in [9.17, 15) is 13.2 Å². The number of nitrogens with zero attached hydrogens (tertiary/aromatic N) is 3. The molecule has 0 aliphatic rings. The number of rotatable bonds is 5. The van der Waals surface area contributed by atoms with E-state index in [4.69, 9.17) is 0 Å². The molecule has 3 aromatic heterocycles. The number of aryl methyl sites for hydroxylation is 2. The second-order valence-electron chi connectivity index (χ2n) is 8.83. The molecule has 3 aromatic carbocycles. The standard InChI is InChI=1S/C29H23F3N3.ClH/c30-29(31,32)22-11-6-12-23(18-22)34-19-27-28-25(15-17-33(27)20-34)24-13-4-5-14-26(24)35(28)16-7-10-21-8-2-1-3-9-21;/h1-6,8-9,11-15,17-20H,7,10,16H2;1H/q+1;/p-1. The summed E-state index contributed by atoms with van der Waals surface area (Å²) < 4.78 is 46.0. The Morgan fingerprint density at radius 1 is 0.806 bits per heavy atom. The monoisotopic (exact) mass is 505 g/mol. The fraction of sp³-hybridized carbons (Fsp3) is 0.138. The molecule has 7 heteroatoms. The Morgan fingerprint density at radius 2 is 1.58 bits per heavy atom. The van der Waals surface area contributed by atoms with Gasteiger partial charge in [-0.1, -0.05) is 54.6 Å². The smallest absolute Gasteiger partial charge is 0.416 e. The van der Waals surface area contributed by atoms with Gasteiger partial charge in [-0.25, -0.2) is 8.97 Å². The van der Waals surface area contributed by atoms with Gasteiger partial charge in [0.15, 0.2) is 5.52 Å².